The number of pyridine rings is 1. The van der Waals surface area contributed by atoms with E-state index in [1.54, 1.807) is 30.5 Å². The van der Waals surface area contributed by atoms with E-state index in [1.807, 2.05) is 0 Å². The Kier molecular flexibility index (Phi) is 2.34. The van der Waals surface area contributed by atoms with E-state index >= 15 is 0 Å². The van der Waals surface area contributed by atoms with Crippen LogP contribution in [0.2, 0.25) is 5.02 Å². The molecule has 0 spiro atoms. The summed E-state index contributed by atoms with van der Waals surface area (Å²) in [5, 5.41) is 1.29. The molecule has 2 nitrogen and oxygen atoms in total. The second kappa shape index (κ2) is 3.86. The largest absolute Gasteiger partial charge is 0.454 e. The second-order valence-corrected chi connectivity index (χ2v) is 4.09. The molecule has 2 heterocycles. The highest BCUT2D eigenvalue weighted by Gasteiger charge is 2.08. The lowest BCUT2D eigenvalue weighted by molar-refractivity contribution is 0.618. The number of nitrogens with zero attached hydrogens (tertiary/aromatic N) is 1. The maximum Gasteiger partial charge on any atom is 0.153 e. The maximum atomic E-state index is 13.0. The van der Waals surface area contributed by atoms with Gasteiger partial charge >= 0.3 is 0 Å². The fourth-order valence-electron chi connectivity index (χ4n) is 1.68. The Bertz CT molecular complexity index is 693. The first kappa shape index (κ1) is 10.3. The average molecular weight is 248 g/mol. The molecule has 0 saturated heterocycles. The molecule has 0 radical (unpaired) electrons. The Morgan fingerprint density at radius 1 is 1.12 bits per heavy atom. The summed E-state index contributed by atoms with van der Waals surface area (Å²) in [6.45, 7) is 0. The van der Waals surface area contributed by atoms with Gasteiger partial charge in [-0.25, -0.2) is 4.39 Å². The summed E-state index contributed by atoms with van der Waals surface area (Å²) in [6.07, 6.45) is 1.60. The van der Waals surface area contributed by atoms with Crippen molar-refractivity contribution in [3.63, 3.8) is 0 Å². The summed E-state index contributed by atoms with van der Waals surface area (Å²) in [7, 11) is 0. The van der Waals surface area contributed by atoms with Gasteiger partial charge < -0.3 is 4.42 Å². The van der Waals surface area contributed by atoms with Gasteiger partial charge in [0.15, 0.2) is 5.76 Å². The van der Waals surface area contributed by atoms with Crippen LogP contribution in [0.4, 0.5) is 4.39 Å². The van der Waals surface area contributed by atoms with Gasteiger partial charge in [-0.3, -0.25) is 4.98 Å². The first-order valence-electron chi connectivity index (χ1n) is 5.03. The minimum absolute atomic E-state index is 0.288. The molecule has 1 aromatic carbocycles. The first-order valence-corrected chi connectivity index (χ1v) is 5.41. The van der Waals surface area contributed by atoms with Gasteiger partial charge in [0, 0.05) is 16.6 Å². The fourth-order valence-corrected chi connectivity index (χ4v) is 1.84. The van der Waals surface area contributed by atoms with Crippen molar-refractivity contribution >= 4 is 22.6 Å². The summed E-state index contributed by atoms with van der Waals surface area (Å²) < 4.78 is 18.6. The molecule has 0 bridgehead atoms. The number of hydrogen-bond donors (Lipinski definition) is 0. The van der Waals surface area contributed by atoms with E-state index in [1.165, 1.54) is 12.1 Å². The van der Waals surface area contributed by atoms with Crippen molar-refractivity contribution in [2.45, 2.75) is 0 Å². The van der Waals surface area contributed by atoms with Crippen molar-refractivity contribution in [2.24, 2.45) is 0 Å². The lowest BCUT2D eigenvalue weighted by Crippen LogP contribution is -1.78. The summed E-state index contributed by atoms with van der Waals surface area (Å²) in [5.41, 5.74) is 1.26. The van der Waals surface area contributed by atoms with E-state index < -0.39 is 0 Å². The standard InChI is InChI=1S/C13H7ClFNO/c14-9-3-4-16-11(7-9)13-6-8-5-10(15)1-2-12(8)17-13/h1-7H. The zero-order valence-electron chi connectivity index (χ0n) is 8.65. The summed E-state index contributed by atoms with van der Waals surface area (Å²) in [6, 6.07) is 9.52. The zero-order chi connectivity index (χ0) is 11.8. The highest BCUT2D eigenvalue weighted by atomic mass is 35.5. The van der Waals surface area contributed by atoms with Gasteiger partial charge in [-0.2, -0.15) is 0 Å². The molecule has 0 N–H and O–H groups in total. The Morgan fingerprint density at radius 3 is 2.82 bits per heavy atom. The number of rotatable bonds is 1. The number of furan rings is 1. The first-order chi connectivity index (χ1) is 8.22. The van der Waals surface area contributed by atoms with Crippen molar-refractivity contribution < 1.29 is 8.81 Å². The van der Waals surface area contributed by atoms with Crippen LogP contribution in [0.3, 0.4) is 0 Å². The number of hydrogen-bond acceptors (Lipinski definition) is 2. The van der Waals surface area contributed by atoms with E-state index in [2.05, 4.69) is 4.98 Å². The van der Waals surface area contributed by atoms with Crippen LogP contribution in [0.25, 0.3) is 22.4 Å². The van der Waals surface area contributed by atoms with Crippen molar-refractivity contribution in [1.29, 1.82) is 0 Å². The zero-order valence-corrected chi connectivity index (χ0v) is 9.41. The second-order valence-electron chi connectivity index (χ2n) is 3.65. The minimum Gasteiger partial charge on any atom is -0.454 e. The summed E-state index contributed by atoms with van der Waals surface area (Å²) >= 11 is 5.88. The van der Waals surface area contributed by atoms with E-state index in [4.69, 9.17) is 16.0 Å². The molecule has 0 fully saturated rings. The fraction of sp³-hybridized carbons (Fsp3) is 0. The molecule has 0 unspecified atom stereocenters. The van der Waals surface area contributed by atoms with Crippen molar-refractivity contribution in [2.75, 3.05) is 0 Å². The van der Waals surface area contributed by atoms with E-state index in [9.17, 15) is 4.39 Å². The Balaban J connectivity index is 2.18. The third kappa shape index (κ3) is 1.89. The van der Waals surface area contributed by atoms with Crippen LogP contribution >= 0.6 is 11.6 Å². The van der Waals surface area contributed by atoms with Crippen LogP contribution in [0.15, 0.2) is 47.0 Å². The highest BCUT2D eigenvalue weighted by molar-refractivity contribution is 6.30. The molecule has 0 aliphatic carbocycles. The average Bonchev–Trinajstić information content (AvgIpc) is 2.72. The van der Waals surface area contributed by atoms with Gasteiger partial charge in [0.05, 0.1) is 0 Å². The van der Waals surface area contributed by atoms with Gasteiger partial charge in [-0.05, 0) is 36.4 Å². The normalized spacial score (nSPS) is 10.9. The Labute approximate surface area is 102 Å². The molecular formula is C13H7ClFNO. The molecule has 3 rings (SSSR count). The number of fused-ring (bicyclic) bond motifs is 1. The minimum atomic E-state index is -0.288. The molecule has 0 aliphatic rings. The van der Waals surface area contributed by atoms with Gasteiger partial charge in [0.1, 0.15) is 17.1 Å². The van der Waals surface area contributed by atoms with Crippen LogP contribution < -0.4 is 0 Å². The monoisotopic (exact) mass is 247 g/mol. The van der Waals surface area contributed by atoms with Crippen LogP contribution in [0, 0.1) is 5.82 Å². The van der Waals surface area contributed by atoms with Gasteiger partial charge in [-0.1, -0.05) is 11.6 Å². The quantitative estimate of drug-likeness (QED) is 0.641. The molecule has 0 amide bonds. The van der Waals surface area contributed by atoms with Crippen molar-refractivity contribution in [1.82, 2.24) is 4.98 Å². The number of benzene rings is 1. The predicted octanol–water partition coefficient (Wildman–Crippen LogP) is 4.29. The van der Waals surface area contributed by atoms with Crippen LogP contribution in [0.1, 0.15) is 0 Å². The lowest BCUT2D eigenvalue weighted by atomic mass is 10.2. The molecule has 84 valence electrons. The third-order valence-corrected chi connectivity index (χ3v) is 2.69. The molecule has 0 saturated carbocycles. The van der Waals surface area contributed by atoms with Gasteiger partial charge in [0.2, 0.25) is 0 Å². The molecule has 0 atom stereocenters. The van der Waals surface area contributed by atoms with Gasteiger partial charge in [0.25, 0.3) is 0 Å². The topological polar surface area (TPSA) is 26.0 Å². The predicted molar refractivity (Wildman–Crippen MR) is 64.4 cm³/mol. The SMILES string of the molecule is Fc1ccc2oc(-c3cc(Cl)ccn3)cc2c1. The molecule has 17 heavy (non-hydrogen) atoms. The van der Waals surface area contributed by atoms with Crippen LogP contribution in [0.5, 0.6) is 0 Å². The highest BCUT2D eigenvalue weighted by Crippen LogP contribution is 2.28. The van der Waals surface area contributed by atoms with Crippen molar-refractivity contribution in [3.8, 4) is 11.5 Å². The van der Waals surface area contributed by atoms with Crippen LogP contribution in [-0.2, 0) is 0 Å². The Hall–Kier alpha value is -1.87. The maximum absolute atomic E-state index is 13.0. The summed E-state index contributed by atoms with van der Waals surface area (Å²) in [5.74, 6) is 0.289. The molecule has 2 aromatic heterocycles. The van der Waals surface area contributed by atoms with Crippen LogP contribution in [-0.4, -0.2) is 4.98 Å². The van der Waals surface area contributed by atoms with E-state index in [0.29, 0.717) is 27.4 Å². The van der Waals surface area contributed by atoms with Crippen molar-refractivity contribution in [3.05, 3.63) is 53.4 Å². The molecular weight excluding hydrogens is 241 g/mol. The molecule has 3 aromatic rings. The molecule has 4 heteroatoms. The van der Waals surface area contributed by atoms with E-state index in [-0.39, 0.29) is 5.82 Å². The number of halogens is 2. The third-order valence-electron chi connectivity index (χ3n) is 2.45. The Morgan fingerprint density at radius 2 is 2.00 bits per heavy atom. The smallest absolute Gasteiger partial charge is 0.153 e. The molecule has 0 aliphatic heterocycles. The van der Waals surface area contributed by atoms with Gasteiger partial charge in [-0.15, -0.1) is 0 Å². The van der Waals surface area contributed by atoms with E-state index in [0.717, 1.165) is 0 Å². The summed E-state index contributed by atoms with van der Waals surface area (Å²) in [4.78, 5) is 4.16. The number of aromatic nitrogens is 1. The lowest BCUT2D eigenvalue weighted by Gasteiger charge is -1.95.